The first-order valence-corrected chi connectivity index (χ1v) is 7.31. The molecule has 0 aliphatic rings. The molecule has 0 radical (unpaired) electrons. The summed E-state index contributed by atoms with van der Waals surface area (Å²) in [5.74, 6) is 0. The van der Waals surface area contributed by atoms with Gasteiger partial charge in [-0.2, -0.15) is 9.68 Å². The molecule has 0 amide bonds. The molecule has 0 fully saturated rings. The Morgan fingerprint density at radius 2 is 1.45 bits per heavy atom. The fourth-order valence-corrected chi connectivity index (χ4v) is 2.18. The van der Waals surface area contributed by atoms with Gasteiger partial charge >= 0.3 is 0 Å². The van der Waals surface area contributed by atoms with Gasteiger partial charge < -0.3 is 0 Å². The van der Waals surface area contributed by atoms with Crippen molar-refractivity contribution in [2.75, 3.05) is 0 Å². The summed E-state index contributed by atoms with van der Waals surface area (Å²) in [6, 6.07) is 22.3. The quantitative estimate of drug-likeness (QED) is 0.490. The first-order valence-electron chi connectivity index (χ1n) is 7.31. The molecule has 22 heavy (non-hydrogen) atoms. The third-order valence-electron chi connectivity index (χ3n) is 3.37. The van der Waals surface area contributed by atoms with E-state index in [4.69, 9.17) is 0 Å². The molecule has 3 aromatic rings. The molecule has 0 atom stereocenters. The van der Waals surface area contributed by atoms with E-state index in [0.29, 0.717) is 0 Å². The van der Waals surface area contributed by atoms with Crippen LogP contribution in [-0.2, 0) is 6.54 Å². The van der Waals surface area contributed by atoms with Gasteiger partial charge in [0.1, 0.15) is 5.69 Å². The number of hydrogen-bond acceptors (Lipinski definition) is 2. The Kier molecular flexibility index (Phi) is 4.35. The Bertz CT molecular complexity index is 762. The molecule has 3 nitrogen and oxygen atoms in total. The molecular weight excluding hydrogens is 270 g/mol. The highest BCUT2D eigenvalue weighted by Crippen LogP contribution is 2.15. The van der Waals surface area contributed by atoms with Crippen LogP contribution in [0.5, 0.6) is 0 Å². The van der Waals surface area contributed by atoms with Gasteiger partial charge in [0, 0.05) is 11.6 Å². The Morgan fingerprint density at radius 3 is 2.23 bits per heavy atom. The van der Waals surface area contributed by atoms with E-state index in [9.17, 15) is 0 Å². The summed E-state index contributed by atoms with van der Waals surface area (Å²) < 4.78 is 2.12. The summed E-state index contributed by atoms with van der Waals surface area (Å²) in [6.45, 7) is 2.93. The molecule has 108 valence electrons. The van der Waals surface area contributed by atoms with Gasteiger partial charge in [0.2, 0.25) is 0 Å². The van der Waals surface area contributed by atoms with Crippen molar-refractivity contribution in [2.24, 2.45) is 10.2 Å². The highest BCUT2D eigenvalue weighted by Gasteiger charge is 2.04. The molecule has 3 rings (SSSR count). The maximum atomic E-state index is 4.30. The van der Waals surface area contributed by atoms with Crippen LogP contribution in [0.1, 0.15) is 11.1 Å². The average Bonchev–Trinajstić information content (AvgIpc) is 2.57. The number of azo groups is 1. The summed E-state index contributed by atoms with van der Waals surface area (Å²) in [6.07, 6.45) is 4.05. The first kappa shape index (κ1) is 14.1. The topological polar surface area (TPSA) is 28.6 Å². The summed E-state index contributed by atoms with van der Waals surface area (Å²) in [5.41, 5.74) is 4.25. The van der Waals surface area contributed by atoms with Crippen molar-refractivity contribution in [3.05, 3.63) is 90.3 Å². The Hall–Kier alpha value is -2.81. The van der Waals surface area contributed by atoms with Crippen LogP contribution in [0.3, 0.4) is 0 Å². The monoisotopic (exact) mass is 288 g/mol. The first-order chi connectivity index (χ1) is 10.8. The van der Waals surface area contributed by atoms with E-state index in [1.54, 1.807) is 0 Å². The Balaban J connectivity index is 1.75. The number of hydrogen-bond donors (Lipinski definition) is 0. The van der Waals surface area contributed by atoms with Crippen molar-refractivity contribution in [2.45, 2.75) is 13.5 Å². The second kappa shape index (κ2) is 6.76. The summed E-state index contributed by atoms with van der Waals surface area (Å²) in [7, 11) is 0. The maximum Gasteiger partial charge on any atom is 0.196 e. The van der Waals surface area contributed by atoms with Gasteiger partial charge in [-0.05, 0) is 25.1 Å². The van der Waals surface area contributed by atoms with E-state index in [2.05, 4.69) is 46.0 Å². The van der Waals surface area contributed by atoms with Crippen LogP contribution >= 0.6 is 0 Å². The minimum absolute atomic E-state index is 0.828. The molecule has 0 aliphatic heterocycles. The Labute approximate surface area is 130 Å². The summed E-state index contributed by atoms with van der Waals surface area (Å²) in [4.78, 5) is 0. The van der Waals surface area contributed by atoms with Crippen LogP contribution in [0.25, 0.3) is 0 Å². The molecule has 2 aromatic carbocycles. The van der Waals surface area contributed by atoms with Crippen LogP contribution in [0.15, 0.2) is 89.4 Å². The second-order valence-corrected chi connectivity index (χ2v) is 5.26. The third kappa shape index (κ3) is 3.85. The number of pyridine rings is 1. The van der Waals surface area contributed by atoms with E-state index in [-0.39, 0.29) is 0 Å². The van der Waals surface area contributed by atoms with Crippen molar-refractivity contribution in [3.63, 3.8) is 0 Å². The highest BCUT2D eigenvalue weighted by molar-refractivity contribution is 5.37. The van der Waals surface area contributed by atoms with Crippen LogP contribution in [0, 0.1) is 6.92 Å². The van der Waals surface area contributed by atoms with Crippen molar-refractivity contribution in [1.82, 2.24) is 0 Å². The van der Waals surface area contributed by atoms with Gasteiger partial charge in [-0.15, -0.1) is 5.11 Å². The fraction of sp³-hybridized carbons (Fsp3) is 0.105. The largest absolute Gasteiger partial charge is 0.199 e. The van der Waals surface area contributed by atoms with E-state index >= 15 is 0 Å². The number of nitrogens with zero attached hydrogens (tertiary/aromatic N) is 3. The molecule has 0 aliphatic carbocycles. The standard InChI is InChI=1S/C19H18N3/c1-16-9-11-17(12-10-16)14-22-13-5-8-19(15-22)21-20-18-6-3-2-4-7-18/h2-13,15H,14H2,1H3/q+1. The van der Waals surface area contributed by atoms with Crippen molar-refractivity contribution in [3.8, 4) is 0 Å². The molecule has 0 N–H and O–H groups in total. The normalized spacial score (nSPS) is 11.0. The van der Waals surface area contributed by atoms with Crippen molar-refractivity contribution in [1.29, 1.82) is 0 Å². The molecule has 0 unspecified atom stereocenters. The molecule has 0 saturated heterocycles. The van der Waals surface area contributed by atoms with Gasteiger partial charge in [-0.1, -0.05) is 48.0 Å². The van der Waals surface area contributed by atoms with Crippen LogP contribution in [0.4, 0.5) is 11.4 Å². The fourth-order valence-electron chi connectivity index (χ4n) is 2.18. The molecule has 0 spiro atoms. The van der Waals surface area contributed by atoms with Crippen LogP contribution in [-0.4, -0.2) is 0 Å². The predicted octanol–water partition coefficient (Wildman–Crippen LogP) is 4.75. The minimum Gasteiger partial charge on any atom is -0.199 e. The van der Waals surface area contributed by atoms with E-state index < -0.39 is 0 Å². The predicted molar refractivity (Wildman–Crippen MR) is 87.5 cm³/mol. The van der Waals surface area contributed by atoms with E-state index in [0.717, 1.165) is 17.9 Å². The lowest BCUT2D eigenvalue weighted by molar-refractivity contribution is -0.687. The number of rotatable bonds is 4. The maximum absolute atomic E-state index is 4.30. The minimum atomic E-state index is 0.828. The Morgan fingerprint density at radius 1 is 0.773 bits per heavy atom. The SMILES string of the molecule is Cc1ccc(C[n+]2cccc(N=Nc3ccccc3)c2)cc1. The van der Waals surface area contributed by atoms with Gasteiger partial charge in [0.15, 0.2) is 18.9 Å². The third-order valence-corrected chi connectivity index (χ3v) is 3.37. The molecule has 0 saturated carbocycles. The van der Waals surface area contributed by atoms with Crippen LogP contribution < -0.4 is 4.57 Å². The number of aromatic nitrogens is 1. The van der Waals surface area contributed by atoms with Gasteiger partial charge in [0.25, 0.3) is 0 Å². The van der Waals surface area contributed by atoms with E-state index in [1.807, 2.05) is 54.9 Å². The smallest absolute Gasteiger partial charge is 0.196 e. The number of benzene rings is 2. The lowest BCUT2D eigenvalue weighted by atomic mass is 10.1. The molecule has 3 heteroatoms. The lowest BCUT2D eigenvalue weighted by Crippen LogP contribution is -2.32. The average molecular weight is 288 g/mol. The number of aryl methyl sites for hydroxylation is 1. The van der Waals surface area contributed by atoms with Crippen molar-refractivity contribution < 1.29 is 4.57 Å². The molecule has 0 bridgehead atoms. The zero-order valence-electron chi connectivity index (χ0n) is 12.6. The lowest BCUT2D eigenvalue weighted by Gasteiger charge is -1.99. The van der Waals surface area contributed by atoms with Gasteiger partial charge in [0.05, 0.1) is 5.69 Å². The molecular formula is C19H18N3+. The zero-order chi connectivity index (χ0) is 15.2. The van der Waals surface area contributed by atoms with Crippen LogP contribution in [0.2, 0.25) is 0 Å². The van der Waals surface area contributed by atoms with Gasteiger partial charge in [-0.3, -0.25) is 0 Å². The summed E-state index contributed by atoms with van der Waals surface area (Å²) in [5, 5.41) is 8.54. The highest BCUT2D eigenvalue weighted by atomic mass is 15.1. The van der Waals surface area contributed by atoms with Gasteiger partial charge in [-0.25, -0.2) is 0 Å². The molecule has 1 aromatic heterocycles. The van der Waals surface area contributed by atoms with Crippen molar-refractivity contribution >= 4 is 11.4 Å². The summed E-state index contributed by atoms with van der Waals surface area (Å²) >= 11 is 0. The zero-order valence-corrected chi connectivity index (χ0v) is 12.6. The second-order valence-electron chi connectivity index (χ2n) is 5.26. The molecule has 1 heterocycles. The van der Waals surface area contributed by atoms with E-state index in [1.165, 1.54) is 11.1 Å².